The number of benzene rings is 2. The Hall–Kier alpha value is -1.49. The molecule has 2 aromatic rings. The van der Waals surface area contributed by atoms with Gasteiger partial charge in [-0.1, -0.05) is 60.7 Å². The quantitative estimate of drug-likeness (QED) is 0.634. The lowest BCUT2D eigenvalue weighted by Gasteiger charge is -2.07. The zero-order valence-electron chi connectivity index (χ0n) is 10.0. The van der Waals surface area contributed by atoms with Crippen LogP contribution in [-0.4, -0.2) is 22.6 Å². The third-order valence-electron chi connectivity index (χ3n) is 2.38. The number of hydrogen-bond acceptors (Lipinski definition) is 3. The van der Waals surface area contributed by atoms with E-state index in [-0.39, 0.29) is 0 Å². The SMILES string of the molecule is [B]1N[B]N[B]N1.c1ccc(-c2ccccc2)cc1. The van der Waals surface area contributed by atoms with Gasteiger partial charge in [-0.2, -0.15) is 0 Å². The number of nitrogens with one attached hydrogen (secondary N) is 3. The Morgan fingerprint density at radius 2 is 0.833 bits per heavy atom. The lowest BCUT2D eigenvalue weighted by atomic mass is 9.85. The molecule has 0 amide bonds. The highest BCUT2D eigenvalue weighted by molar-refractivity contribution is 6.65. The predicted molar refractivity (Wildman–Crippen MR) is 78.5 cm³/mol. The second-order valence-corrected chi connectivity index (χ2v) is 3.67. The van der Waals surface area contributed by atoms with Gasteiger partial charge in [0.05, 0.1) is 0 Å². The maximum absolute atomic E-state index is 2.78. The fourth-order valence-electron chi connectivity index (χ4n) is 1.53. The molecule has 0 atom stereocenters. The van der Waals surface area contributed by atoms with Crippen LogP contribution in [0.15, 0.2) is 60.7 Å². The van der Waals surface area contributed by atoms with Crippen LogP contribution in [0.1, 0.15) is 0 Å². The van der Waals surface area contributed by atoms with Crippen LogP contribution < -0.4 is 15.4 Å². The van der Waals surface area contributed by atoms with Crippen LogP contribution in [0.5, 0.6) is 0 Å². The Labute approximate surface area is 110 Å². The van der Waals surface area contributed by atoms with Gasteiger partial charge in [-0.15, -0.1) is 0 Å². The molecule has 3 N–H and O–H groups in total. The Morgan fingerprint density at radius 3 is 1.11 bits per heavy atom. The largest absolute Gasteiger partial charge is 0.379 e. The topological polar surface area (TPSA) is 36.1 Å². The van der Waals surface area contributed by atoms with Gasteiger partial charge in [0.25, 0.3) is 22.6 Å². The molecule has 3 radical (unpaired) electrons. The Morgan fingerprint density at radius 1 is 0.500 bits per heavy atom. The Bertz CT molecular complexity index is 386. The van der Waals surface area contributed by atoms with Crippen molar-refractivity contribution in [1.29, 1.82) is 0 Å². The molecule has 3 nitrogen and oxygen atoms in total. The first-order chi connectivity index (χ1) is 8.97. The minimum atomic E-state index is 1.28. The molecule has 18 heavy (non-hydrogen) atoms. The zero-order valence-corrected chi connectivity index (χ0v) is 10.0. The number of rotatable bonds is 1. The van der Waals surface area contributed by atoms with Gasteiger partial charge in [0, 0.05) is 0 Å². The number of hydrogen-bond donors (Lipinski definition) is 3. The summed E-state index contributed by atoms with van der Waals surface area (Å²) in [6, 6.07) is 20.8. The third-order valence-corrected chi connectivity index (χ3v) is 2.38. The van der Waals surface area contributed by atoms with E-state index in [1.807, 2.05) is 12.1 Å². The smallest absolute Gasteiger partial charge is 0.284 e. The van der Waals surface area contributed by atoms with E-state index in [0.29, 0.717) is 0 Å². The fraction of sp³-hybridized carbons (Fsp3) is 0. The summed E-state index contributed by atoms with van der Waals surface area (Å²) < 4.78 is 0. The molecule has 0 unspecified atom stereocenters. The molecular formula is C12H13B3N3. The van der Waals surface area contributed by atoms with Crippen LogP contribution in [0.4, 0.5) is 0 Å². The lowest BCUT2D eigenvalue weighted by Crippen LogP contribution is -2.55. The maximum atomic E-state index is 2.78. The summed E-state index contributed by atoms with van der Waals surface area (Å²) in [5.41, 5.74) is 2.55. The molecule has 1 heterocycles. The van der Waals surface area contributed by atoms with E-state index < -0.39 is 0 Å². The van der Waals surface area contributed by atoms with Crippen LogP contribution >= 0.6 is 0 Å². The van der Waals surface area contributed by atoms with E-state index in [0.717, 1.165) is 0 Å². The summed E-state index contributed by atoms with van der Waals surface area (Å²) in [5, 5.41) is 8.34. The molecule has 1 saturated heterocycles. The van der Waals surface area contributed by atoms with Crippen molar-refractivity contribution in [2.45, 2.75) is 0 Å². The molecule has 6 heteroatoms. The van der Waals surface area contributed by atoms with Crippen molar-refractivity contribution in [3.8, 4) is 11.1 Å². The summed E-state index contributed by atoms with van der Waals surface area (Å²) in [6.45, 7) is 0. The fourth-order valence-corrected chi connectivity index (χ4v) is 1.53. The molecule has 2 aromatic carbocycles. The molecule has 1 aliphatic heterocycles. The molecule has 3 rings (SSSR count). The van der Waals surface area contributed by atoms with Crippen LogP contribution in [0.3, 0.4) is 0 Å². The van der Waals surface area contributed by atoms with Crippen LogP contribution in [0.25, 0.3) is 11.1 Å². The van der Waals surface area contributed by atoms with Crippen LogP contribution in [0.2, 0.25) is 0 Å². The molecule has 0 saturated carbocycles. The van der Waals surface area contributed by atoms with Crippen molar-refractivity contribution >= 4 is 22.6 Å². The summed E-state index contributed by atoms with van der Waals surface area (Å²) >= 11 is 0. The van der Waals surface area contributed by atoms with Gasteiger partial charge in [-0.3, -0.25) is 0 Å². The molecular weight excluding hydrogens is 219 g/mol. The van der Waals surface area contributed by atoms with E-state index in [1.165, 1.54) is 11.1 Å². The van der Waals surface area contributed by atoms with Crippen LogP contribution in [-0.2, 0) is 0 Å². The first-order valence-corrected chi connectivity index (χ1v) is 5.80. The summed E-state index contributed by atoms with van der Waals surface area (Å²) in [6.07, 6.45) is 0. The Balaban J connectivity index is 0.000000169. The third kappa shape index (κ3) is 4.41. The van der Waals surface area contributed by atoms with Gasteiger partial charge in [-0.05, 0) is 11.1 Å². The van der Waals surface area contributed by atoms with E-state index in [4.69, 9.17) is 0 Å². The standard InChI is InChI=1S/C12H10.B3H3N3/c1-3-7-11(8-4-1)12-9-5-2-6-10-12;1-4-2-6-3-5-1/h1-10H;4-6H. The highest BCUT2D eigenvalue weighted by atomic mass is 15.0. The van der Waals surface area contributed by atoms with Crippen molar-refractivity contribution < 1.29 is 0 Å². The summed E-state index contributed by atoms with van der Waals surface area (Å²) in [5.74, 6) is 0. The first kappa shape index (κ1) is 13.0. The van der Waals surface area contributed by atoms with Crippen molar-refractivity contribution in [3.05, 3.63) is 60.7 Å². The molecule has 85 valence electrons. The Kier molecular flexibility index (Phi) is 5.59. The molecule has 1 fully saturated rings. The van der Waals surface area contributed by atoms with Gasteiger partial charge < -0.3 is 15.4 Å². The molecule has 0 spiro atoms. The van der Waals surface area contributed by atoms with E-state index in [1.54, 1.807) is 22.6 Å². The van der Waals surface area contributed by atoms with E-state index in [2.05, 4.69) is 63.9 Å². The average Bonchev–Trinajstić information content (AvgIpc) is 2.51. The van der Waals surface area contributed by atoms with Gasteiger partial charge in [0.15, 0.2) is 0 Å². The lowest BCUT2D eigenvalue weighted by molar-refractivity contribution is 1.28. The monoisotopic (exact) mass is 232 g/mol. The predicted octanol–water partition coefficient (Wildman–Crippen LogP) is 0.725. The maximum Gasteiger partial charge on any atom is 0.284 e. The van der Waals surface area contributed by atoms with Crippen LogP contribution in [0, 0.1) is 0 Å². The minimum Gasteiger partial charge on any atom is -0.379 e. The molecule has 0 aromatic heterocycles. The molecule has 0 aliphatic carbocycles. The first-order valence-electron chi connectivity index (χ1n) is 5.80. The van der Waals surface area contributed by atoms with Gasteiger partial charge in [0.2, 0.25) is 0 Å². The summed E-state index contributed by atoms with van der Waals surface area (Å²) in [7, 11) is 5.16. The average molecular weight is 232 g/mol. The normalized spacial score (nSPS) is 13.1. The van der Waals surface area contributed by atoms with Gasteiger partial charge in [-0.25, -0.2) is 0 Å². The summed E-state index contributed by atoms with van der Waals surface area (Å²) in [4.78, 5) is 0. The highest BCUT2D eigenvalue weighted by Gasteiger charge is 1.98. The highest BCUT2D eigenvalue weighted by Crippen LogP contribution is 2.17. The van der Waals surface area contributed by atoms with Crippen molar-refractivity contribution in [2.24, 2.45) is 0 Å². The van der Waals surface area contributed by atoms with Crippen molar-refractivity contribution in [3.63, 3.8) is 0 Å². The van der Waals surface area contributed by atoms with E-state index >= 15 is 0 Å². The van der Waals surface area contributed by atoms with Gasteiger partial charge >= 0.3 is 0 Å². The molecule has 1 aliphatic rings. The minimum absolute atomic E-state index is 1.28. The van der Waals surface area contributed by atoms with Gasteiger partial charge in [0.1, 0.15) is 0 Å². The van der Waals surface area contributed by atoms with Crippen molar-refractivity contribution in [2.75, 3.05) is 0 Å². The second-order valence-electron chi connectivity index (χ2n) is 3.67. The second kappa shape index (κ2) is 7.77. The zero-order chi connectivity index (χ0) is 12.5. The molecule has 0 bridgehead atoms. The van der Waals surface area contributed by atoms with Crippen molar-refractivity contribution in [1.82, 2.24) is 15.4 Å². The van der Waals surface area contributed by atoms with E-state index in [9.17, 15) is 0 Å².